The number of rotatable bonds is 4. The molecule has 19 heavy (non-hydrogen) atoms. The van der Waals surface area contributed by atoms with Gasteiger partial charge in [-0.25, -0.2) is 0 Å². The standard InChI is InChI=1S/C14H17N3O2/c1-10(11-5-3-2-4-6-11)17-8-7-13(16-15)12(9-18)14(17)19/h2-8,10,16,18H,9,15H2,1H3. The predicted octanol–water partition coefficient (Wildman–Crippen LogP) is 1.24. The zero-order chi connectivity index (χ0) is 13.8. The number of hydrogen-bond acceptors (Lipinski definition) is 4. The van der Waals surface area contributed by atoms with Crippen LogP contribution in [0.3, 0.4) is 0 Å². The largest absolute Gasteiger partial charge is 0.391 e. The molecule has 0 radical (unpaired) electrons. The molecule has 0 fully saturated rings. The number of hydrazine groups is 1. The third kappa shape index (κ3) is 2.52. The third-order valence-electron chi connectivity index (χ3n) is 3.23. The third-order valence-corrected chi connectivity index (χ3v) is 3.23. The molecular formula is C14H17N3O2. The summed E-state index contributed by atoms with van der Waals surface area (Å²) in [5.41, 5.74) is 3.93. The Morgan fingerprint density at radius 3 is 2.58 bits per heavy atom. The van der Waals surface area contributed by atoms with E-state index >= 15 is 0 Å². The summed E-state index contributed by atoms with van der Waals surface area (Å²) >= 11 is 0. The average Bonchev–Trinajstić information content (AvgIpc) is 2.47. The Bertz CT molecular complexity index is 608. The summed E-state index contributed by atoms with van der Waals surface area (Å²) in [4.78, 5) is 12.3. The molecule has 1 aromatic carbocycles. The van der Waals surface area contributed by atoms with Crippen LogP contribution in [0, 0.1) is 0 Å². The molecule has 2 aromatic rings. The van der Waals surface area contributed by atoms with Crippen molar-refractivity contribution in [2.75, 3.05) is 5.43 Å². The fourth-order valence-corrected chi connectivity index (χ4v) is 2.08. The summed E-state index contributed by atoms with van der Waals surface area (Å²) < 4.78 is 1.59. The number of hydrogen-bond donors (Lipinski definition) is 3. The summed E-state index contributed by atoms with van der Waals surface area (Å²) in [5, 5.41) is 9.30. The number of anilines is 1. The number of benzene rings is 1. The quantitative estimate of drug-likeness (QED) is 0.570. The van der Waals surface area contributed by atoms with Crippen LogP contribution in [0.1, 0.15) is 24.1 Å². The van der Waals surface area contributed by atoms with E-state index in [1.165, 1.54) is 0 Å². The van der Waals surface area contributed by atoms with Crippen LogP contribution in [0.4, 0.5) is 5.69 Å². The van der Waals surface area contributed by atoms with Gasteiger partial charge in [-0.3, -0.25) is 10.6 Å². The van der Waals surface area contributed by atoms with Crippen molar-refractivity contribution < 1.29 is 5.11 Å². The van der Waals surface area contributed by atoms with Crippen LogP contribution in [0.25, 0.3) is 0 Å². The minimum absolute atomic E-state index is 0.106. The topological polar surface area (TPSA) is 80.3 Å². The maximum Gasteiger partial charge on any atom is 0.258 e. The number of nitrogens with two attached hydrogens (primary N) is 1. The molecule has 4 N–H and O–H groups in total. The summed E-state index contributed by atoms with van der Waals surface area (Å²) in [6, 6.07) is 11.3. The van der Waals surface area contributed by atoms with Gasteiger partial charge >= 0.3 is 0 Å². The van der Waals surface area contributed by atoms with Crippen molar-refractivity contribution in [1.82, 2.24) is 4.57 Å². The lowest BCUT2D eigenvalue weighted by molar-refractivity contribution is 0.279. The van der Waals surface area contributed by atoms with Crippen LogP contribution in [-0.4, -0.2) is 9.67 Å². The number of aromatic nitrogens is 1. The number of nitrogens with zero attached hydrogens (tertiary/aromatic N) is 1. The minimum Gasteiger partial charge on any atom is -0.391 e. The molecule has 5 heteroatoms. The first-order valence-corrected chi connectivity index (χ1v) is 6.05. The Morgan fingerprint density at radius 2 is 2.00 bits per heavy atom. The van der Waals surface area contributed by atoms with E-state index in [0.717, 1.165) is 5.56 Å². The number of aliphatic hydroxyl groups excluding tert-OH is 1. The maximum atomic E-state index is 12.3. The molecule has 0 spiro atoms. The van der Waals surface area contributed by atoms with Crippen LogP contribution in [-0.2, 0) is 6.61 Å². The molecule has 1 aromatic heterocycles. The molecule has 5 nitrogen and oxygen atoms in total. The highest BCUT2D eigenvalue weighted by molar-refractivity contribution is 5.48. The summed E-state index contributed by atoms with van der Waals surface area (Å²) in [5.74, 6) is 5.32. The van der Waals surface area contributed by atoms with Gasteiger partial charge in [0, 0.05) is 6.20 Å². The highest BCUT2D eigenvalue weighted by atomic mass is 16.3. The Hall–Kier alpha value is -2.11. The van der Waals surface area contributed by atoms with Gasteiger partial charge in [-0.1, -0.05) is 30.3 Å². The second-order valence-corrected chi connectivity index (χ2v) is 4.31. The molecular weight excluding hydrogens is 242 g/mol. The van der Waals surface area contributed by atoms with E-state index in [4.69, 9.17) is 5.84 Å². The molecule has 0 aliphatic rings. The lowest BCUT2D eigenvalue weighted by atomic mass is 10.1. The van der Waals surface area contributed by atoms with Crippen LogP contribution < -0.4 is 16.8 Å². The van der Waals surface area contributed by atoms with E-state index in [9.17, 15) is 9.90 Å². The number of nitrogens with one attached hydrogen (secondary N) is 1. The highest BCUT2D eigenvalue weighted by Gasteiger charge is 2.13. The Balaban J connectivity index is 2.49. The number of pyridine rings is 1. The second-order valence-electron chi connectivity index (χ2n) is 4.31. The Labute approximate surface area is 111 Å². The fraction of sp³-hybridized carbons (Fsp3) is 0.214. The lowest BCUT2D eigenvalue weighted by Crippen LogP contribution is -2.28. The van der Waals surface area contributed by atoms with Gasteiger partial charge in [-0.2, -0.15) is 0 Å². The molecule has 0 amide bonds. The minimum atomic E-state index is -0.347. The van der Waals surface area contributed by atoms with Crippen molar-refractivity contribution in [3.05, 3.63) is 64.1 Å². The first-order valence-electron chi connectivity index (χ1n) is 6.05. The number of nitrogen functional groups attached to an aromatic ring is 1. The second kappa shape index (κ2) is 5.69. The highest BCUT2D eigenvalue weighted by Crippen LogP contribution is 2.17. The van der Waals surface area contributed by atoms with Crippen molar-refractivity contribution in [1.29, 1.82) is 0 Å². The van der Waals surface area contributed by atoms with E-state index in [2.05, 4.69) is 5.43 Å². The zero-order valence-electron chi connectivity index (χ0n) is 10.7. The SMILES string of the molecule is CC(c1ccccc1)n1ccc(NN)c(CO)c1=O. The maximum absolute atomic E-state index is 12.3. The van der Waals surface area contributed by atoms with Gasteiger partial charge in [0.15, 0.2) is 0 Å². The molecule has 0 saturated heterocycles. The Kier molecular flexibility index (Phi) is 3.99. The van der Waals surface area contributed by atoms with Crippen LogP contribution >= 0.6 is 0 Å². The smallest absolute Gasteiger partial charge is 0.258 e. The van der Waals surface area contributed by atoms with E-state index in [1.54, 1.807) is 16.8 Å². The molecule has 1 heterocycles. The van der Waals surface area contributed by atoms with Crippen LogP contribution in [0.15, 0.2) is 47.4 Å². The molecule has 0 saturated carbocycles. The van der Waals surface area contributed by atoms with E-state index < -0.39 is 0 Å². The van der Waals surface area contributed by atoms with Crippen molar-refractivity contribution in [2.24, 2.45) is 5.84 Å². The summed E-state index contributed by atoms with van der Waals surface area (Å²) in [6.07, 6.45) is 1.67. The van der Waals surface area contributed by atoms with Gasteiger partial charge in [-0.15, -0.1) is 0 Å². The molecule has 1 unspecified atom stereocenters. The summed E-state index contributed by atoms with van der Waals surface area (Å²) in [6.45, 7) is 1.59. The monoisotopic (exact) mass is 259 g/mol. The van der Waals surface area contributed by atoms with E-state index in [-0.39, 0.29) is 23.8 Å². The first kappa shape index (κ1) is 13.3. The number of aliphatic hydroxyl groups is 1. The van der Waals surface area contributed by atoms with Crippen molar-refractivity contribution in [2.45, 2.75) is 19.6 Å². The van der Waals surface area contributed by atoms with E-state index in [0.29, 0.717) is 5.69 Å². The molecule has 0 aliphatic carbocycles. The lowest BCUT2D eigenvalue weighted by Gasteiger charge is -2.17. The van der Waals surface area contributed by atoms with Crippen molar-refractivity contribution in [3.8, 4) is 0 Å². The summed E-state index contributed by atoms with van der Waals surface area (Å²) in [7, 11) is 0. The van der Waals surface area contributed by atoms with Gasteiger partial charge in [0.2, 0.25) is 0 Å². The average molecular weight is 259 g/mol. The first-order chi connectivity index (χ1) is 9.19. The van der Waals surface area contributed by atoms with Gasteiger partial charge in [0.25, 0.3) is 5.56 Å². The fourth-order valence-electron chi connectivity index (χ4n) is 2.08. The molecule has 0 aliphatic heterocycles. The molecule has 0 bridgehead atoms. The van der Waals surface area contributed by atoms with Crippen molar-refractivity contribution in [3.63, 3.8) is 0 Å². The zero-order valence-corrected chi connectivity index (χ0v) is 10.7. The molecule has 2 rings (SSSR count). The van der Waals surface area contributed by atoms with Crippen molar-refractivity contribution >= 4 is 5.69 Å². The van der Waals surface area contributed by atoms with E-state index in [1.807, 2.05) is 37.3 Å². The van der Waals surface area contributed by atoms with Gasteiger partial charge in [0.05, 0.1) is 23.9 Å². The van der Waals surface area contributed by atoms with Gasteiger partial charge in [0.1, 0.15) is 0 Å². The predicted molar refractivity (Wildman–Crippen MR) is 74.7 cm³/mol. The molecule has 100 valence electrons. The van der Waals surface area contributed by atoms with Gasteiger partial charge in [-0.05, 0) is 18.6 Å². The van der Waals surface area contributed by atoms with Crippen LogP contribution in [0.2, 0.25) is 0 Å². The van der Waals surface area contributed by atoms with Gasteiger partial charge < -0.3 is 15.1 Å². The molecule has 1 atom stereocenters. The normalized spacial score (nSPS) is 12.2. The van der Waals surface area contributed by atoms with Crippen LogP contribution in [0.5, 0.6) is 0 Å². The Morgan fingerprint density at radius 1 is 1.32 bits per heavy atom.